The Morgan fingerprint density at radius 2 is 1.96 bits per heavy atom. The molecule has 3 heteroatoms. The average molecular weight is 311 g/mol. The van der Waals surface area contributed by atoms with Gasteiger partial charge in [0.25, 0.3) is 0 Å². The SMILES string of the molecule is OCCCNCc1cccc(CC2COc3ccccc3C2)c1. The molecule has 3 rings (SSSR count). The number of aliphatic hydroxyl groups is 1. The highest BCUT2D eigenvalue weighted by atomic mass is 16.5. The molecule has 1 heterocycles. The van der Waals surface area contributed by atoms with Crippen molar-refractivity contribution in [1.82, 2.24) is 5.32 Å². The van der Waals surface area contributed by atoms with Crippen molar-refractivity contribution >= 4 is 0 Å². The van der Waals surface area contributed by atoms with Crippen LogP contribution in [0.1, 0.15) is 23.1 Å². The van der Waals surface area contributed by atoms with Gasteiger partial charge in [-0.3, -0.25) is 0 Å². The Morgan fingerprint density at radius 1 is 1.09 bits per heavy atom. The molecule has 2 N–H and O–H groups in total. The maximum atomic E-state index is 8.81. The van der Waals surface area contributed by atoms with Gasteiger partial charge in [0, 0.05) is 19.1 Å². The molecule has 1 aliphatic rings. The highest BCUT2D eigenvalue weighted by molar-refractivity contribution is 5.35. The van der Waals surface area contributed by atoms with E-state index in [1.165, 1.54) is 16.7 Å². The highest BCUT2D eigenvalue weighted by Gasteiger charge is 2.19. The van der Waals surface area contributed by atoms with Gasteiger partial charge in [0.05, 0.1) is 6.61 Å². The molecule has 122 valence electrons. The molecule has 1 atom stereocenters. The van der Waals surface area contributed by atoms with Gasteiger partial charge < -0.3 is 15.2 Å². The molecule has 2 aromatic carbocycles. The third-order valence-corrected chi connectivity index (χ3v) is 4.31. The van der Waals surface area contributed by atoms with Crippen LogP contribution in [0.2, 0.25) is 0 Å². The van der Waals surface area contributed by atoms with Gasteiger partial charge in [0.2, 0.25) is 0 Å². The number of para-hydroxylation sites is 1. The summed E-state index contributed by atoms with van der Waals surface area (Å²) in [5, 5.41) is 12.2. The van der Waals surface area contributed by atoms with Gasteiger partial charge in [-0.05, 0) is 48.6 Å². The first kappa shape index (κ1) is 16.0. The fraction of sp³-hybridized carbons (Fsp3) is 0.400. The van der Waals surface area contributed by atoms with E-state index >= 15 is 0 Å². The maximum absolute atomic E-state index is 8.81. The third kappa shape index (κ3) is 4.57. The van der Waals surface area contributed by atoms with E-state index in [0.29, 0.717) is 5.92 Å². The minimum atomic E-state index is 0.246. The van der Waals surface area contributed by atoms with E-state index in [9.17, 15) is 0 Å². The third-order valence-electron chi connectivity index (χ3n) is 4.31. The molecule has 0 saturated heterocycles. The molecule has 2 aromatic rings. The monoisotopic (exact) mass is 311 g/mol. The molecule has 0 spiro atoms. The summed E-state index contributed by atoms with van der Waals surface area (Å²) in [6.45, 7) is 2.76. The summed E-state index contributed by atoms with van der Waals surface area (Å²) >= 11 is 0. The Bertz CT molecular complexity index is 627. The van der Waals surface area contributed by atoms with E-state index < -0.39 is 0 Å². The van der Waals surface area contributed by atoms with Gasteiger partial charge in [-0.1, -0.05) is 42.5 Å². The van der Waals surface area contributed by atoms with E-state index in [4.69, 9.17) is 9.84 Å². The van der Waals surface area contributed by atoms with Crippen molar-refractivity contribution in [3.8, 4) is 5.75 Å². The normalized spacial score (nSPS) is 16.7. The molecule has 0 radical (unpaired) electrons. The Balaban J connectivity index is 1.56. The molecule has 0 aromatic heterocycles. The summed E-state index contributed by atoms with van der Waals surface area (Å²) in [4.78, 5) is 0. The zero-order valence-electron chi connectivity index (χ0n) is 13.5. The zero-order valence-corrected chi connectivity index (χ0v) is 13.5. The van der Waals surface area contributed by atoms with Crippen molar-refractivity contribution in [3.05, 3.63) is 65.2 Å². The molecule has 0 saturated carbocycles. The van der Waals surface area contributed by atoms with Crippen LogP contribution >= 0.6 is 0 Å². The Hall–Kier alpha value is -1.84. The standard InChI is InChI=1S/C20H25NO2/c22-10-4-9-21-14-17-6-3-5-16(11-17)12-18-13-19-7-1-2-8-20(19)23-15-18/h1-3,5-8,11,18,21-22H,4,9-10,12-15H2. The summed E-state index contributed by atoms with van der Waals surface area (Å²) in [6, 6.07) is 17.1. The molecule has 1 unspecified atom stereocenters. The number of ether oxygens (including phenoxy) is 1. The predicted molar refractivity (Wildman–Crippen MR) is 92.7 cm³/mol. The van der Waals surface area contributed by atoms with Crippen LogP contribution in [0.3, 0.4) is 0 Å². The fourth-order valence-electron chi connectivity index (χ4n) is 3.16. The summed E-state index contributed by atoms with van der Waals surface area (Å²) in [5.41, 5.74) is 4.00. The lowest BCUT2D eigenvalue weighted by molar-refractivity contribution is 0.221. The Morgan fingerprint density at radius 3 is 2.87 bits per heavy atom. The van der Waals surface area contributed by atoms with Gasteiger partial charge in [-0.25, -0.2) is 0 Å². The fourth-order valence-corrected chi connectivity index (χ4v) is 3.16. The van der Waals surface area contributed by atoms with Crippen LogP contribution in [-0.2, 0) is 19.4 Å². The quantitative estimate of drug-likeness (QED) is 0.773. The average Bonchev–Trinajstić information content (AvgIpc) is 2.59. The number of hydrogen-bond acceptors (Lipinski definition) is 3. The summed E-state index contributed by atoms with van der Waals surface area (Å²) < 4.78 is 5.89. The van der Waals surface area contributed by atoms with Crippen molar-refractivity contribution in [2.45, 2.75) is 25.8 Å². The lowest BCUT2D eigenvalue weighted by Gasteiger charge is -2.25. The van der Waals surface area contributed by atoms with Crippen molar-refractivity contribution in [1.29, 1.82) is 0 Å². The van der Waals surface area contributed by atoms with Gasteiger partial charge in [0.15, 0.2) is 0 Å². The number of fused-ring (bicyclic) bond motifs is 1. The molecule has 0 amide bonds. The molecule has 3 nitrogen and oxygen atoms in total. The van der Waals surface area contributed by atoms with Crippen LogP contribution in [0.4, 0.5) is 0 Å². The predicted octanol–water partition coefficient (Wildman–Crippen LogP) is 2.95. The molecular weight excluding hydrogens is 286 g/mol. The largest absolute Gasteiger partial charge is 0.493 e. The van der Waals surface area contributed by atoms with Gasteiger partial charge in [0.1, 0.15) is 5.75 Å². The number of nitrogens with one attached hydrogen (secondary N) is 1. The minimum absolute atomic E-state index is 0.246. The van der Waals surface area contributed by atoms with E-state index in [1.807, 2.05) is 6.07 Å². The van der Waals surface area contributed by atoms with Crippen molar-refractivity contribution in [2.75, 3.05) is 19.8 Å². The number of hydrogen-bond donors (Lipinski definition) is 2. The van der Waals surface area contributed by atoms with Gasteiger partial charge in [-0.15, -0.1) is 0 Å². The molecule has 1 aliphatic heterocycles. The van der Waals surface area contributed by atoms with Crippen molar-refractivity contribution in [2.24, 2.45) is 5.92 Å². The van der Waals surface area contributed by atoms with Crippen LogP contribution in [0.5, 0.6) is 5.75 Å². The van der Waals surface area contributed by atoms with Crippen LogP contribution in [0.15, 0.2) is 48.5 Å². The minimum Gasteiger partial charge on any atom is -0.493 e. The molecule has 23 heavy (non-hydrogen) atoms. The molecule has 0 fully saturated rings. The summed E-state index contributed by atoms with van der Waals surface area (Å²) in [7, 11) is 0. The van der Waals surface area contributed by atoms with E-state index in [0.717, 1.165) is 44.7 Å². The number of benzene rings is 2. The second-order valence-electron chi connectivity index (χ2n) is 6.27. The number of aliphatic hydroxyl groups excluding tert-OH is 1. The van der Waals surface area contributed by atoms with Crippen LogP contribution in [-0.4, -0.2) is 24.9 Å². The second-order valence-corrected chi connectivity index (χ2v) is 6.27. The summed E-state index contributed by atoms with van der Waals surface area (Å²) in [6.07, 6.45) is 2.95. The first-order valence-electron chi connectivity index (χ1n) is 8.45. The molecule has 0 bridgehead atoms. The Labute approximate surface area is 138 Å². The lowest BCUT2D eigenvalue weighted by atomic mass is 9.90. The van der Waals surface area contributed by atoms with Crippen molar-refractivity contribution in [3.63, 3.8) is 0 Å². The lowest BCUT2D eigenvalue weighted by Crippen LogP contribution is -2.22. The first-order valence-corrected chi connectivity index (χ1v) is 8.45. The van der Waals surface area contributed by atoms with E-state index in [1.54, 1.807) is 0 Å². The van der Waals surface area contributed by atoms with Crippen LogP contribution < -0.4 is 10.1 Å². The molecular formula is C20H25NO2. The van der Waals surface area contributed by atoms with Gasteiger partial charge in [-0.2, -0.15) is 0 Å². The highest BCUT2D eigenvalue weighted by Crippen LogP contribution is 2.28. The van der Waals surface area contributed by atoms with E-state index in [-0.39, 0.29) is 6.61 Å². The molecule has 0 aliphatic carbocycles. The van der Waals surface area contributed by atoms with Crippen molar-refractivity contribution < 1.29 is 9.84 Å². The maximum Gasteiger partial charge on any atom is 0.122 e. The first-order chi connectivity index (χ1) is 11.3. The zero-order chi connectivity index (χ0) is 15.9. The van der Waals surface area contributed by atoms with Crippen LogP contribution in [0, 0.1) is 5.92 Å². The van der Waals surface area contributed by atoms with E-state index in [2.05, 4.69) is 47.8 Å². The van der Waals surface area contributed by atoms with Crippen LogP contribution in [0.25, 0.3) is 0 Å². The Kier molecular flexibility index (Phi) is 5.67. The number of rotatable bonds is 7. The summed E-state index contributed by atoms with van der Waals surface area (Å²) in [5.74, 6) is 1.59. The topological polar surface area (TPSA) is 41.5 Å². The second kappa shape index (κ2) is 8.14. The van der Waals surface area contributed by atoms with Gasteiger partial charge >= 0.3 is 0 Å². The smallest absolute Gasteiger partial charge is 0.122 e.